The SMILES string of the molecule is C=CC(=O)OC(C)(C)CC(C)(C)Oc1ccc(-c2ccc(CCCCC)cc2)cc1. The third kappa shape index (κ3) is 7.70. The van der Waals surface area contributed by atoms with Crippen LogP contribution in [0, 0.1) is 0 Å². The Balaban J connectivity index is 1.99. The number of rotatable bonds is 11. The van der Waals surface area contributed by atoms with E-state index in [1.54, 1.807) is 0 Å². The molecule has 0 bridgehead atoms. The lowest BCUT2D eigenvalue weighted by Crippen LogP contribution is -2.40. The molecule has 2 aromatic rings. The van der Waals surface area contributed by atoms with Crippen LogP contribution in [0.15, 0.2) is 61.2 Å². The van der Waals surface area contributed by atoms with Crippen LogP contribution in [-0.2, 0) is 16.0 Å². The average molecular weight is 409 g/mol. The molecular weight excluding hydrogens is 372 g/mol. The second-order valence-electron chi connectivity index (χ2n) is 9.10. The molecule has 0 aliphatic heterocycles. The fourth-order valence-electron chi connectivity index (χ4n) is 3.89. The molecule has 2 aromatic carbocycles. The summed E-state index contributed by atoms with van der Waals surface area (Å²) in [6.45, 7) is 13.5. The van der Waals surface area contributed by atoms with E-state index in [9.17, 15) is 4.79 Å². The number of carbonyl (C=O) groups excluding carboxylic acids is 1. The number of aryl methyl sites for hydroxylation is 1. The molecular formula is C27H36O3. The molecule has 2 rings (SSSR count). The van der Waals surface area contributed by atoms with Crippen LogP contribution in [0.1, 0.15) is 65.9 Å². The van der Waals surface area contributed by atoms with Gasteiger partial charge in [0, 0.05) is 12.5 Å². The molecule has 162 valence electrons. The molecule has 0 atom stereocenters. The Morgan fingerprint density at radius 1 is 0.900 bits per heavy atom. The van der Waals surface area contributed by atoms with E-state index < -0.39 is 17.2 Å². The summed E-state index contributed by atoms with van der Waals surface area (Å²) in [5.74, 6) is 0.377. The van der Waals surface area contributed by atoms with Crippen molar-refractivity contribution in [3.8, 4) is 16.9 Å². The molecule has 0 aliphatic rings. The van der Waals surface area contributed by atoms with Gasteiger partial charge < -0.3 is 9.47 Å². The van der Waals surface area contributed by atoms with Gasteiger partial charge in [0.25, 0.3) is 0 Å². The van der Waals surface area contributed by atoms with Crippen LogP contribution in [-0.4, -0.2) is 17.2 Å². The van der Waals surface area contributed by atoms with Gasteiger partial charge in [-0.2, -0.15) is 0 Å². The molecule has 0 amide bonds. The van der Waals surface area contributed by atoms with Gasteiger partial charge >= 0.3 is 5.97 Å². The van der Waals surface area contributed by atoms with Crippen molar-refractivity contribution in [3.63, 3.8) is 0 Å². The highest BCUT2D eigenvalue weighted by Gasteiger charge is 2.33. The molecule has 0 unspecified atom stereocenters. The van der Waals surface area contributed by atoms with Gasteiger partial charge in [0.1, 0.15) is 17.0 Å². The number of benzene rings is 2. The van der Waals surface area contributed by atoms with E-state index in [0.29, 0.717) is 6.42 Å². The van der Waals surface area contributed by atoms with E-state index in [1.807, 2.05) is 39.8 Å². The first-order chi connectivity index (χ1) is 14.1. The quantitative estimate of drug-likeness (QED) is 0.225. The maximum Gasteiger partial charge on any atom is 0.330 e. The van der Waals surface area contributed by atoms with Crippen molar-refractivity contribution in [2.45, 2.75) is 77.9 Å². The molecule has 30 heavy (non-hydrogen) atoms. The van der Waals surface area contributed by atoms with Crippen LogP contribution >= 0.6 is 0 Å². The van der Waals surface area contributed by atoms with Crippen LogP contribution in [0.2, 0.25) is 0 Å². The molecule has 0 radical (unpaired) electrons. The predicted molar refractivity (Wildman–Crippen MR) is 125 cm³/mol. The van der Waals surface area contributed by atoms with Gasteiger partial charge in [-0.25, -0.2) is 4.79 Å². The van der Waals surface area contributed by atoms with Gasteiger partial charge in [0.05, 0.1) is 0 Å². The van der Waals surface area contributed by atoms with Crippen molar-refractivity contribution < 1.29 is 14.3 Å². The standard InChI is InChI=1S/C27H36O3/c1-7-9-10-11-21-12-14-22(15-13-21)23-16-18-24(19-17-23)29-26(3,4)20-27(5,6)30-25(28)8-2/h8,12-19H,2,7,9-11,20H2,1,3-6H3. The minimum atomic E-state index is -0.645. The molecule has 3 heteroatoms. The maximum absolute atomic E-state index is 11.5. The minimum absolute atomic E-state index is 0.420. The summed E-state index contributed by atoms with van der Waals surface area (Å²) in [4.78, 5) is 11.5. The molecule has 0 aromatic heterocycles. The second kappa shape index (κ2) is 10.5. The number of esters is 1. The van der Waals surface area contributed by atoms with Crippen molar-refractivity contribution in [1.29, 1.82) is 0 Å². The Labute approximate surface area is 182 Å². The molecule has 0 saturated carbocycles. The molecule has 0 aliphatic carbocycles. The summed E-state index contributed by atoms with van der Waals surface area (Å²) in [6.07, 6.45) is 6.68. The summed E-state index contributed by atoms with van der Waals surface area (Å²) in [6, 6.07) is 17.0. The van der Waals surface area contributed by atoms with Crippen molar-refractivity contribution in [2.75, 3.05) is 0 Å². The molecule has 0 heterocycles. The van der Waals surface area contributed by atoms with Gasteiger partial charge in [-0.1, -0.05) is 62.7 Å². The highest BCUT2D eigenvalue weighted by molar-refractivity contribution is 5.81. The van der Waals surface area contributed by atoms with Crippen LogP contribution in [0.5, 0.6) is 5.75 Å². The largest absolute Gasteiger partial charge is 0.488 e. The monoisotopic (exact) mass is 408 g/mol. The van der Waals surface area contributed by atoms with Crippen molar-refractivity contribution in [3.05, 3.63) is 66.7 Å². The first-order valence-corrected chi connectivity index (χ1v) is 10.9. The molecule has 3 nitrogen and oxygen atoms in total. The second-order valence-corrected chi connectivity index (χ2v) is 9.10. The Kier molecular flexibility index (Phi) is 8.28. The van der Waals surface area contributed by atoms with Crippen LogP contribution in [0.3, 0.4) is 0 Å². The Morgan fingerprint density at radius 2 is 1.47 bits per heavy atom. The van der Waals surface area contributed by atoms with Crippen LogP contribution in [0.25, 0.3) is 11.1 Å². The normalized spacial score (nSPS) is 11.8. The third-order valence-electron chi connectivity index (χ3n) is 5.00. The zero-order chi connectivity index (χ0) is 22.2. The number of carbonyl (C=O) groups is 1. The van der Waals surface area contributed by atoms with Gasteiger partial charge in [-0.3, -0.25) is 0 Å². The summed E-state index contributed by atoms with van der Waals surface area (Å²) in [7, 11) is 0. The minimum Gasteiger partial charge on any atom is -0.488 e. The third-order valence-corrected chi connectivity index (χ3v) is 5.00. The van der Waals surface area contributed by atoms with E-state index >= 15 is 0 Å². The zero-order valence-corrected chi connectivity index (χ0v) is 19.2. The smallest absolute Gasteiger partial charge is 0.330 e. The summed E-state index contributed by atoms with van der Waals surface area (Å²) in [5, 5.41) is 0. The Hall–Kier alpha value is -2.55. The summed E-state index contributed by atoms with van der Waals surface area (Å²) < 4.78 is 11.6. The van der Waals surface area contributed by atoms with Gasteiger partial charge in [-0.05, 0) is 69.4 Å². The van der Waals surface area contributed by atoms with Crippen molar-refractivity contribution in [1.82, 2.24) is 0 Å². The molecule has 0 spiro atoms. The number of ether oxygens (including phenoxy) is 2. The predicted octanol–water partition coefficient (Wildman–Crippen LogP) is 7.14. The number of hydrogen-bond donors (Lipinski definition) is 0. The van der Waals surface area contributed by atoms with E-state index in [1.165, 1.54) is 42.0 Å². The summed E-state index contributed by atoms with van der Waals surface area (Å²) >= 11 is 0. The lowest BCUT2D eigenvalue weighted by molar-refractivity contribution is -0.154. The van der Waals surface area contributed by atoms with E-state index in [0.717, 1.165) is 12.2 Å². The first-order valence-electron chi connectivity index (χ1n) is 10.9. The zero-order valence-electron chi connectivity index (χ0n) is 19.2. The van der Waals surface area contributed by atoms with Crippen LogP contribution < -0.4 is 4.74 Å². The average Bonchev–Trinajstić information content (AvgIpc) is 2.67. The first kappa shape index (κ1) is 23.7. The topological polar surface area (TPSA) is 35.5 Å². The molecule has 0 fully saturated rings. The van der Waals surface area contributed by atoms with E-state index in [-0.39, 0.29) is 0 Å². The molecule has 0 saturated heterocycles. The fourth-order valence-corrected chi connectivity index (χ4v) is 3.89. The van der Waals surface area contributed by atoms with Gasteiger partial charge in [0.2, 0.25) is 0 Å². The van der Waals surface area contributed by atoms with Crippen molar-refractivity contribution in [2.24, 2.45) is 0 Å². The van der Waals surface area contributed by atoms with E-state index in [4.69, 9.17) is 9.47 Å². The van der Waals surface area contributed by atoms with E-state index in [2.05, 4.69) is 49.9 Å². The lowest BCUT2D eigenvalue weighted by atomic mass is 9.92. The number of unbranched alkanes of at least 4 members (excludes halogenated alkanes) is 2. The fraction of sp³-hybridized carbons (Fsp3) is 0.444. The summed E-state index contributed by atoms with van der Waals surface area (Å²) in [5.41, 5.74) is 2.63. The van der Waals surface area contributed by atoms with Crippen LogP contribution in [0.4, 0.5) is 0 Å². The highest BCUT2D eigenvalue weighted by Crippen LogP contribution is 2.30. The van der Waals surface area contributed by atoms with Crippen molar-refractivity contribution >= 4 is 5.97 Å². The maximum atomic E-state index is 11.5. The highest BCUT2D eigenvalue weighted by atomic mass is 16.6. The van der Waals surface area contributed by atoms with Gasteiger partial charge in [0.15, 0.2) is 0 Å². The molecule has 0 N–H and O–H groups in total. The lowest BCUT2D eigenvalue weighted by Gasteiger charge is -2.34. The Bertz CT molecular complexity index is 814. The van der Waals surface area contributed by atoms with Gasteiger partial charge in [-0.15, -0.1) is 0 Å². The number of hydrogen-bond acceptors (Lipinski definition) is 3. The Morgan fingerprint density at radius 3 is 2.00 bits per heavy atom.